The van der Waals surface area contributed by atoms with Gasteiger partial charge in [-0.1, -0.05) is 85.0 Å². The lowest BCUT2D eigenvalue weighted by atomic mass is 9.99. The van der Waals surface area contributed by atoms with Gasteiger partial charge in [-0.25, -0.2) is 0 Å². The molecular weight excluding hydrogens is 340 g/mol. The Hall–Kier alpha value is -1.06. The van der Waals surface area contributed by atoms with E-state index < -0.39 is 0 Å². The number of esters is 2. The summed E-state index contributed by atoms with van der Waals surface area (Å²) in [4.78, 5) is 23.3. The van der Waals surface area contributed by atoms with E-state index in [0.29, 0.717) is 32.0 Å². The average Bonchev–Trinajstić information content (AvgIpc) is 2.64. The lowest BCUT2D eigenvalue weighted by Gasteiger charge is -2.11. The Morgan fingerprint density at radius 1 is 0.667 bits per heavy atom. The second-order valence-electron chi connectivity index (χ2n) is 7.82. The molecule has 0 fully saturated rings. The normalized spacial score (nSPS) is 12.0. The maximum absolute atomic E-state index is 11.7. The molecule has 0 aliphatic carbocycles. The van der Waals surface area contributed by atoms with Crippen molar-refractivity contribution in [2.75, 3.05) is 13.2 Å². The summed E-state index contributed by atoms with van der Waals surface area (Å²) in [5, 5.41) is 0. The molecule has 0 N–H and O–H groups in total. The average molecular weight is 385 g/mol. The van der Waals surface area contributed by atoms with Gasteiger partial charge in [0.25, 0.3) is 0 Å². The third-order valence-electron chi connectivity index (χ3n) is 4.86. The van der Waals surface area contributed by atoms with Gasteiger partial charge >= 0.3 is 11.9 Å². The van der Waals surface area contributed by atoms with Gasteiger partial charge in [-0.2, -0.15) is 0 Å². The molecule has 1 unspecified atom stereocenters. The summed E-state index contributed by atoms with van der Waals surface area (Å²) in [6, 6.07) is 0. The van der Waals surface area contributed by atoms with Crippen LogP contribution in [-0.2, 0) is 19.1 Å². The fourth-order valence-corrected chi connectivity index (χ4v) is 3.06. The molecule has 0 saturated carbocycles. The van der Waals surface area contributed by atoms with Crippen molar-refractivity contribution in [1.82, 2.24) is 0 Å². The smallest absolute Gasteiger partial charge is 0.306 e. The molecule has 0 spiro atoms. The molecule has 0 rings (SSSR count). The van der Waals surface area contributed by atoms with Crippen molar-refractivity contribution in [2.24, 2.45) is 5.92 Å². The highest BCUT2D eigenvalue weighted by molar-refractivity contribution is 5.69. The second kappa shape index (κ2) is 19.7. The van der Waals surface area contributed by atoms with Crippen LogP contribution in [0.15, 0.2) is 0 Å². The van der Waals surface area contributed by atoms with Crippen LogP contribution in [0.2, 0.25) is 0 Å². The van der Waals surface area contributed by atoms with Gasteiger partial charge in [-0.15, -0.1) is 0 Å². The predicted molar refractivity (Wildman–Crippen MR) is 112 cm³/mol. The zero-order valence-electron chi connectivity index (χ0n) is 18.2. The molecule has 4 heteroatoms. The van der Waals surface area contributed by atoms with Crippen LogP contribution in [0.5, 0.6) is 0 Å². The van der Waals surface area contributed by atoms with Gasteiger partial charge in [0.15, 0.2) is 0 Å². The van der Waals surface area contributed by atoms with E-state index in [4.69, 9.17) is 9.47 Å². The van der Waals surface area contributed by atoms with E-state index in [2.05, 4.69) is 20.8 Å². The summed E-state index contributed by atoms with van der Waals surface area (Å²) >= 11 is 0. The van der Waals surface area contributed by atoms with Crippen LogP contribution >= 0.6 is 0 Å². The van der Waals surface area contributed by atoms with Crippen LogP contribution in [0, 0.1) is 5.92 Å². The van der Waals surface area contributed by atoms with Crippen molar-refractivity contribution in [3.63, 3.8) is 0 Å². The fraction of sp³-hybridized carbons (Fsp3) is 0.913. The maximum atomic E-state index is 11.7. The van der Waals surface area contributed by atoms with Crippen molar-refractivity contribution in [1.29, 1.82) is 0 Å². The second-order valence-corrected chi connectivity index (χ2v) is 7.82. The van der Waals surface area contributed by atoms with E-state index in [1.54, 1.807) is 0 Å². The van der Waals surface area contributed by atoms with Crippen LogP contribution in [0.1, 0.15) is 117 Å². The summed E-state index contributed by atoms with van der Waals surface area (Å²) in [5.41, 5.74) is 0. The Morgan fingerprint density at radius 3 is 1.78 bits per heavy atom. The SMILES string of the molecule is CCCCCOC(=O)CCCCCCCCC(C)CC(=O)OCCCCC. The van der Waals surface area contributed by atoms with E-state index in [9.17, 15) is 9.59 Å². The molecule has 0 aromatic rings. The molecular formula is C23H44O4. The van der Waals surface area contributed by atoms with E-state index in [1.807, 2.05) is 0 Å². The van der Waals surface area contributed by atoms with E-state index in [1.165, 1.54) is 25.7 Å². The monoisotopic (exact) mass is 384 g/mol. The Balaban J connectivity index is 3.38. The lowest BCUT2D eigenvalue weighted by molar-refractivity contribution is -0.145. The third kappa shape index (κ3) is 19.5. The zero-order chi connectivity index (χ0) is 20.2. The summed E-state index contributed by atoms with van der Waals surface area (Å²) in [6.07, 6.45) is 15.5. The maximum Gasteiger partial charge on any atom is 0.306 e. The highest BCUT2D eigenvalue weighted by atomic mass is 16.5. The number of ether oxygens (including phenoxy) is 2. The molecule has 0 aliphatic rings. The van der Waals surface area contributed by atoms with Crippen molar-refractivity contribution in [2.45, 2.75) is 117 Å². The standard InChI is InChI=1S/C23H44O4/c1-4-6-14-18-26-22(24)17-13-11-9-8-10-12-16-21(3)20-23(25)27-19-15-7-5-2/h21H,4-20H2,1-3H3. The molecule has 0 heterocycles. The lowest BCUT2D eigenvalue weighted by Crippen LogP contribution is -2.10. The summed E-state index contributed by atoms with van der Waals surface area (Å²) in [7, 11) is 0. The molecule has 27 heavy (non-hydrogen) atoms. The Labute approximate surface area is 167 Å². The first kappa shape index (κ1) is 25.9. The number of carbonyl (C=O) groups excluding carboxylic acids is 2. The molecule has 160 valence electrons. The number of hydrogen-bond acceptors (Lipinski definition) is 4. The molecule has 0 radical (unpaired) electrons. The molecule has 0 aromatic carbocycles. The van der Waals surface area contributed by atoms with Crippen LogP contribution in [0.25, 0.3) is 0 Å². The summed E-state index contributed by atoms with van der Waals surface area (Å²) in [6.45, 7) is 7.59. The quantitative estimate of drug-likeness (QED) is 0.186. The highest BCUT2D eigenvalue weighted by Crippen LogP contribution is 2.16. The van der Waals surface area contributed by atoms with E-state index in [0.717, 1.165) is 57.8 Å². The van der Waals surface area contributed by atoms with Gasteiger partial charge in [-0.05, 0) is 25.2 Å². The number of carbonyl (C=O) groups is 2. The van der Waals surface area contributed by atoms with Gasteiger partial charge in [0.05, 0.1) is 13.2 Å². The minimum absolute atomic E-state index is 0.0403. The first-order valence-corrected chi connectivity index (χ1v) is 11.4. The van der Waals surface area contributed by atoms with Gasteiger partial charge in [-0.3, -0.25) is 9.59 Å². The molecule has 1 atom stereocenters. The zero-order valence-corrected chi connectivity index (χ0v) is 18.2. The number of hydrogen-bond donors (Lipinski definition) is 0. The predicted octanol–water partition coefficient (Wildman–Crippen LogP) is 6.60. The molecule has 4 nitrogen and oxygen atoms in total. The van der Waals surface area contributed by atoms with Gasteiger partial charge < -0.3 is 9.47 Å². The van der Waals surface area contributed by atoms with Gasteiger partial charge in [0.1, 0.15) is 0 Å². The first-order chi connectivity index (χ1) is 13.1. The molecule has 0 amide bonds. The molecule has 0 aliphatic heterocycles. The third-order valence-corrected chi connectivity index (χ3v) is 4.86. The summed E-state index contributed by atoms with van der Waals surface area (Å²) in [5.74, 6) is 0.327. The van der Waals surface area contributed by atoms with E-state index >= 15 is 0 Å². The van der Waals surface area contributed by atoms with Crippen molar-refractivity contribution in [3.8, 4) is 0 Å². The minimum Gasteiger partial charge on any atom is -0.466 e. The Bertz CT molecular complexity index is 354. The molecule has 0 aromatic heterocycles. The largest absolute Gasteiger partial charge is 0.466 e. The molecule has 0 saturated heterocycles. The molecule has 0 bridgehead atoms. The highest BCUT2D eigenvalue weighted by Gasteiger charge is 2.10. The van der Waals surface area contributed by atoms with Crippen LogP contribution in [0.4, 0.5) is 0 Å². The summed E-state index contributed by atoms with van der Waals surface area (Å²) < 4.78 is 10.5. The Morgan fingerprint density at radius 2 is 1.19 bits per heavy atom. The Kier molecular flexibility index (Phi) is 18.9. The van der Waals surface area contributed by atoms with Crippen molar-refractivity contribution < 1.29 is 19.1 Å². The van der Waals surface area contributed by atoms with Crippen molar-refractivity contribution in [3.05, 3.63) is 0 Å². The first-order valence-electron chi connectivity index (χ1n) is 11.4. The van der Waals surface area contributed by atoms with Gasteiger partial charge in [0, 0.05) is 12.8 Å². The topological polar surface area (TPSA) is 52.6 Å². The number of rotatable bonds is 19. The van der Waals surface area contributed by atoms with E-state index in [-0.39, 0.29) is 11.9 Å². The van der Waals surface area contributed by atoms with Crippen molar-refractivity contribution >= 4 is 11.9 Å². The van der Waals surface area contributed by atoms with Crippen LogP contribution in [0.3, 0.4) is 0 Å². The van der Waals surface area contributed by atoms with Gasteiger partial charge in [0.2, 0.25) is 0 Å². The van der Waals surface area contributed by atoms with Crippen LogP contribution in [-0.4, -0.2) is 25.2 Å². The van der Waals surface area contributed by atoms with Crippen LogP contribution < -0.4 is 0 Å². The minimum atomic E-state index is -0.0415. The number of unbranched alkanes of at least 4 members (excludes halogenated alkanes) is 9. The fourth-order valence-electron chi connectivity index (χ4n) is 3.06.